The van der Waals surface area contributed by atoms with Crippen molar-refractivity contribution in [3.05, 3.63) is 23.5 Å². The van der Waals surface area contributed by atoms with Gasteiger partial charge in [-0.1, -0.05) is 11.6 Å². The number of aromatic nitrogens is 1. The molecule has 0 radical (unpaired) electrons. The molecule has 17 heavy (non-hydrogen) atoms. The molecule has 0 aliphatic carbocycles. The Bertz CT molecular complexity index is 394. The number of carbonyl (C=O) groups is 1. The summed E-state index contributed by atoms with van der Waals surface area (Å²) in [6.45, 7) is 2.37. The van der Waals surface area contributed by atoms with E-state index < -0.39 is 0 Å². The first-order valence-corrected chi connectivity index (χ1v) is 5.74. The third kappa shape index (κ3) is 3.31. The molecule has 92 valence electrons. The molecule has 0 unspecified atom stereocenters. The van der Waals surface area contributed by atoms with Crippen LogP contribution >= 0.6 is 11.6 Å². The first-order chi connectivity index (χ1) is 8.27. The van der Waals surface area contributed by atoms with E-state index in [0.29, 0.717) is 32.1 Å². The lowest BCUT2D eigenvalue weighted by Crippen LogP contribution is -2.43. The molecule has 1 aliphatic heterocycles. The number of rotatable bonds is 3. The van der Waals surface area contributed by atoms with Crippen LogP contribution in [0.1, 0.15) is 0 Å². The summed E-state index contributed by atoms with van der Waals surface area (Å²) in [5.41, 5.74) is 0. The highest BCUT2D eigenvalue weighted by Crippen LogP contribution is 2.20. The van der Waals surface area contributed by atoms with E-state index in [1.165, 1.54) is 0 Å². The third-order valence-corrected chi connectivity index (χ3v) is 2.72. The fourth-order valence-corrected chi connectivity index (χ4v) is 1.70. The number of morpholine rings is 1. The molecule has 1 saturated heterocycles. The Kier molecular flexibility index (Phi) is 4.17. The largest absolute Gasteiger partial charge is 0.481 e. The van der Waals surface area contributed by atoms with Gasteiger partial charge in [0, 0.05) is 19.3 Å². The summed E-state index contributed by atoms with van der Waals surface area (Å²) >= 11 is 5.81. The summed E-state index contributed by atoms with van der Waals surface area (Å²) in [6, 6.07) is 3.39. The molecular weight excluding hydrogens is 244 g/mol. The van der Waals surface area contributed by atoms with Crippen LogP contribution in [0.25, 0.3) is 0 Å². The highest BCUT2D eigenvalue weighted by atomic mass is 35.5. The predicted molar refractivity (Wildman–Crippen MR) is 62.1 cm³/mol. The van der Waals surface area contributed by atoms with E-state index in [4.69, 9.17) is 21.1 Å². The molecule has 1 fully saturated rings. The minimum absolute atomic E-state index is 0.0224. The molecule has 6 heteroatoms. The maximum atomic E-state index is 11.8. The van der Waals surface area contributed by atoms with Gasteiger partial charge in [0.05, 0.1) is 13.2 Å². The second-order valence-electron chi connectivity index (χ2n) is 3.57. The molecule has 0 saturated carbocycles. The van der Waals surface area contributed by atoms with E-state index in [2.05, 4.69) is 4.98 Å². The minimum atomic E-state index is -0.0618. The molecule has 0 N–H and O–H groups in total. The molecule has 0 aromatic carbocycles. The van der Waals surface area contributed by atoms with Crippen LogP contribution in [0.3, 0.4) is 0 Å². The van der Waals surface area contributed by atoms with Gasteiger partial charge in [-0.3, -0.25) is 4.79 Å². The molecule has 2 rings (SSSR count). The Hall–Kier alpha value is -1.33. The van der Waals surface area contributed by atoms with Gasteiger partial charge in [-0.25, -0.2) is 4.98 Å². The molecule has 0 spiro atoms. The monoisotopic (exact) mass is 256 g/mol. The van der Waals surface area contributed by atoms with Crippen LogP contribution in [0.5, 0.6) is 5.75 Å². The van der Waals surface area contributed by atoms with Crippen molar-refractivity contribution in [1.29, 1.82) is 0 Å². The summed E-state index contributed by atoms with van der Waals surface area (Å²) in [5, 5.41) is 0.266. The van der Waals surface area contributed by atoms with Gasteiger partial charge in [0.2, 0.25) is 0 Å². The molecule has 2 heterocycles. The second kappa shape index (κ2) is 5.84. The normalized spacial score (nSPS) is 15.7. The van der Waals surface area contributed by atoms with Crippen molar-refractivity contribution < 1.29 is 14.3 Å². The van der Waals surface area contributed by atoms with Gasteiger partial charge in [-0.2, -0.15) is 0 Å². The van der Waals surface area contributed by atoms with Crippen molar-refractivity contribution in [2.24, 2.45) is 0 Å². The fourth-order valence-electron chi connectivity index (χ4n) is 1.52. The van der Waals surface area contributed by atoms with E-state index in [9.17, 15) is 4.79 Å². The predicted octanol–water partition coefficient (Wildman–Crippen LogP) is 0.973. The van der Waals surface area contributed by atoms with Crippen molar-refractivity contribution in [2.45, 2.75) is 0 Å². The number of ether oxygens (including phenoxy) is 2. The summed E-state index contributed by atoms with van der Waals surface area (Å²) < 4.78 is 10.5. The summed E-state index contributed by atoms with van der Waals surface area (Å²) in [7, 11) is 0. The Morgan fingerprint density at radius 1 is 1.53 bits per heavy atom. The zero-order chi connectivity index (χ0) is 12.1. The lowest BCUT2D eigenvalue weighted by molar-refractivity contribution is -0.137. The SMILES string of the molecule is O=C(COc1cccnc1Cl)N1CCOCC1. The van der Waals surface area contributed by atoms with Gasteiger partial charge >= 0.3 is 0 Å². The highest BCUT2D eigenvalue weighted by molar-refractivity contribution is 6.30. The number of pyridine rings is 1. The van der Waals surface area contributed by atoms with Gasteiger partial charge < -0.3 is 14.4 Å². The minimum Gasteiger partial charge on any atom is -0.481 e. The molecule has 1 amide bonds. The Morgan fingerprint density at radius 3 is 3.00 bits per heavy atom. The van der Waals surface area contributed by atoms with Crippen LogP contribution < -0.4 is 4.74 Å². The average molecular weight is 257 g/mol. The number of hydrogen-bond acceptors (Lipinski definition) is 4. The molecule has 5 nitrogen and oxygen atoms in total. The lowest BCUT2D eigenvalue weighted by Gasteiger charge is -2.26. The molecule has 1 aliphatic rings. The maximum Gasteiger partial charge on any atom is 0.260 e. The van der Waals surface area contributed by atoms with Crippen LogP contribution in [0, 0.1) is 0 Å². The summed E-state index contributed by atoms with van der Waals surface area (Å²) in [5.74, 6) is 0.365. The topological polar surface area (TPSA) is 51.7 Å². The number of hydrogen-bond donors (Lipinski definition) is 0. The van der Waals surface area contributed by atoms with Gasteiger partial charge in [0.1, 0.15) is 0 Å². The van der Waals surface area contributed by atoms with E-state index in [1.807, 2.05) is 0 Å². The maximum absolute atomic E-state index is 11.8. The first kappa shape index (κ1) is 12.1. The molecule has 1 aromatic heterocycles. The standard InChI is InChI=1S/C11H13ClN2O3/c12-11-9(2-1-3-13-11)17-8-10(15)14-4-6-16-7-5-14/h1-3H,4-8H2. The van der Waals surface area contributed by atoms with E-state index in [-0.39, 0.29) is 17.7 Å². The van der Waals surface area contributed by atoms with Crippen LogP contribution in [-0.2, 0) is 9.53 Å². The quantitative estimate of drug-likeness (QED) is 0.757. The zero-order valence-electron chi connectivity index (χ0n) is 9.26. The van der Waals surface area contributed by atoms with Gasteiger partial charge in [-0.15, -0.1) is 0 Å². The number of halogens is 1. The van der Waals surface area contributed by atoms with E-state index >= 15 is 0 Å². The smallest absolute Gasteiger partial charge is 0.260 e. The van der Waals surface area contributed by atoms with Crippen molar-refractivity contribution in [1.82, 2.24) is 9.88 Å². The molecule has 0 bridgehead atoms. The second-order valence-corrected chi connectivity index (χ2v) is 3.93. The van der Waals surface area contributed by atoms with Crippen molar-refractivity contribution >= 4 is 17.5 Å². The zero-order valence-corrected chi connectivity index (χ0v) is 10.0. The third-order valence-electron chi connectivity index (χ3n) is 2.44. The van der Waals surface area contributed by atoms with Crippen molar-refractivity contribution in [3.8, 4) is 5.75 Å². The van der Waals surface area contributed by atoms with Gasteiger partial charge in [0.25, 0.3) is 5.91 Å². The van der Waals surface area contributed by atoms with Crippen molar-refractivity contribution in [2.75, 3.05) is 32.9 Å². The Labute approximate surface area is 104 Å². The van der Waals surface area contributed by atoms with Gasteiger partial charge in [0.15, 0.2) is 17.5 Å². The number of carbonyl (C=O) groups excluding carboxylic acids is 1. The average Bonchev–Trinajstić information content (AvgIpc) is 2.38. The number of nitrogens with zero attached hydrogens (tertiary/aromatic N) is 2. The van der Waals surface area contributed by atoms with E-state index in [1.54, 1.807) is 23.2 Å². The lowest BCUT2D eigenvalue weighted by atomic mass is 10.4. The van der Waals surface area contributed by atoms with Gasteiger partial charge in [-0.05, 0) is 12.1 Å². The molecule has 0 atom stereocenters. The molecule has 1 aromatic rings. The van der Waals surface area contributed by atoms with Crippen LogP contribution in [0.15, 0.2) is 18.3 Å². The van der Waals surface area contributed by atoms with Crippen LogP contribution in [0.2, 0.25) is 5.15 Å². The van der Waals surface area contributed by atoms with Crippen LogP contribution in [0.4, 0.5) is 0 Å². The Balaban J connectivity index is 1.85. The number of amides is 1. The highest BCUT2D eigenvalue weighted by Gasteiger charge is 2.17. The summed E-state index contributed by atoms with van der Waals surface area (Å²) in [4.78, 5) is 17.3. The van der Waals surface area contributed by atoms with E-state index in [0.717, 1.165) is 0 Å². The fraction of sp³-hybridized carbons (Fsp3) is 0.455. The first-order valence-electron chi connectivity index (χ1n) is 5.36. The van der Waals surface area contributed by atoms with Crippen molar-refractivity contribution in [3.63, 3.8) is 0 Å². The Morgan fingerprint density at radius 2 is 2.29 bits per heavy atom. The summed E-state index contributed by atoms with van der Waals surface area (Å²) in [6.07, 6.45) is 1.57. The molecular formula is C11H13ClN2O3. The van der Waals surface area contributed by atoms with Crippen LogP contribution in [-0.4, -0.2) is 48.7 Å².